The molecule has 51 heavy (non-hydrogen) atoms. The molecule has 6 rings (SSSR count). The Kier molecular flexibility index (Phi) is 11.4. The summed E-state index contributed by atoms with van der Waals surface area (Å²) in [5, 5.41) is 10.9. The Balaban J connectivity index is 1.17. The highest BCUT2D eigenvalue weighted by atomic mass is 16.2. The van der Waals surface area contributed by atoms with Crippen molar-refractivity contribution in [3.8, 4) is 0 Å². The summed E-state index contributed by atoms with van der Waals surface area (Å²) in [6, 6.07) is 43.3. The first-order chi connectivity index (χ1) is 24.8. The Hall–Kier alpha value is -5.50. The van der Waals surface area contributed by atoms with E-state index in [2.05, 4.69) is 108 Å². The van der Waals surface area contributed by atoms with Crippen LogP contribution in [-0.4, -0.2) is 35.4 Å². The third kappa shape index (κ3) is 8.46. The number of carbonyl (C=O) groups excluding carboxylic acids is 2. The van der Waals surface area contributed by atoms with Crippen LogP contribution in [0.2, 0.25) is 0 Å². The van der Waals surface area contributed by atoms with E-state index in [0.29, 0.717) is 31.5 Å². The lowest BCUT2D eigenvalue weighted by atomic mass is 9.76. The Morgan fingerprint density at radius 1 is 0.745 bits per heavy atom. The van der Waals surface area contributed by atoms with Gasteiger partial charge in [0.05, 0.1) is 11.6 Å². The molecule has 0 aliphatic heterocycles. The van der Waals surface area contributed by atoms with Gasteiger partial charge in [0.1, 0.15) is 6.04 Å². The summed E-state index contributed by atoms with van der Waals surface area (Å²) in [6.07, 6.45) is 4.14. The third-order valence-corrected chi connectivity index (χ3v) is 9.51. The molecule has 0 saturated carbocycles. The minimum absolute atomic E-state index is 0.282. The number of carbonyl (C=O) groups is 2. The number of benzene rings is 5. The van der Waals surface area contributed by atoms with Crippen LogP contribution in [0, 0.1) is 13.8 Å². The molecule has 7 nitrogen and oxygen atoms in total. The van der Waals surface area contributed by atoms with Crippen LogP contribution in [0.5, 0.6) is 0 Å². The van der Waals surface area contributed by atoms with E-state index in [1.807, 2.05) is 66.9 Å². The van der Waals surface area contributed by atoms with Crippen LogP contribution in [0.4, 0.5) is 5.69 Å². The van der Waals surface area contributed by atoms with Crippen molar-refractivity contribution in [2.45, 2.75) is 50.2 Å². The fraction of sp³-hybridized carbons (Fsp3) is 0.205. The monoisotopic (exact) mass is 676 g/mol. The summed E-state index contributed by atoms with van der Waals surface area (Å²) < 4.78 is 0. The fourth-order valence-electron chi connectivity index (χ4n) is 6.73. The zero-order valence-electron chi connectivity index (χ0n) is 29.1. The molecule has 0 bridgehead atoms. The first-order valence-electron chi connectivity index (χ1n) is 17.6. The van der Waals surface area contributed by atoms with Crippen LogP contribution in [-0.2, 0) is 21.5 Å². The number of amides is 2. The summed E-state index contributed by atoms with van der Waals surface area (Å²) in [6.45, 7) is 6.70. The molecule has 6 aromatic rings. The number of H-pyrrole nitrogens is 1. The second kappa shape index (κ2) is 16.5. The smallest absolute Gasteiger partial charge is 0.246 e. The van der Waals surface area contributed by atoms with Gasteiger partial charge in [0, 0.05) is 22.8 Å². The van der Waals surface area contributed by atoms with Crippen molar-refractivity contribution < 1.29 is 9.59 Å². The van der Waals surface area contributed by atoms with E-state index in [1.165, 1.54) is 5.56 Å². The maximum Gasteiger partial charge on any atom is 0.246 e. The van der Waals surface area contributed by atoms with Crippen molar-refractivity contribution >= 4 is 28.4 Å². The fourth-order valence-corrected chi connectivity index (χ4v) is 6.73. The van der Waals surface area contributed by atoms with E-state index in [1.54, 1.807) is 0 Å². The van der Waals surface area contributed by atoms with E-state index in [9.17, 15) is 9.59 Å². The lowest BCUT2D eigenvalue weighted by Crippen LogP contribution is -2.50. The number of aromatic amines is 1. The molecule has 259 valence electrons. The van der Waals surface area contributed by atoms with Crippen LogP contribution < -0.4 is 21.7 Å². The Morgan fingerprint density at radius 2 is 1.35 bits per heavy atom. The maximum absolute atomic E-state index is 13.7. The largest absolute Gasteiger partial charge is 0.361 e. The average molecular weight is 677 g/mol. The maximum atomic E-state index is 13.7. The van der Waals surface area contributed by atoms with Crippen molar-refractivity contribution in [2.75, 3.05) is 11.9 Å². The Labute approximate surface area is 300 Å². The predicted molar refractivity (Wildman–Crippen MR) is 207 cm³/mol. The summed E-state index contributed by atoms with van der Waals surface area (Å²) in [5.74, 6) is -0.645. The lowest BCUT2D eigenvalue weighted by Gasteiger charge is -2.37. The van der Waals surface area contributed by atoms with Gasteiger partial charge in [-0.15, -0.1) is 0 Å². The molecule has 1 heterocycles. The topological polar surface area (TPSA) is 112 Å². The number of nitrogens with two attached hydrogens (primary N) is 1. The van der Waals surface area contributed by atoms with Gasteiger partial charge < -0.3 is 21.4 Å². The molecule has 5 aromatic carbocycles. The van der Waals surface area contributed by atoms with Gasteiger partial charge in [-0.25, -0.2) is 0 Å². The summed E-state index contributed by atoms with van der Waals surface area (Å²) in [5.41, 5.74) is 13.9. The number of unbranched alkanes of at least 4 members (excludes halogenated alkanes) is 1. The van der Waals surface area contributed by atoms with E-state index in [0.717, 1.165) is 45.1 Å². The molecule has 0 saturated heterocycles. The Morgan fingerprint density at radius 3 is 2.02 bits per heavy atom. The molecule has 0 fully saturated rings. The van der Waals surface area contributed by atoms with E-state index >= 15 is 0 Å². The molecule has 6 N–H and O–H groups in total. The van der Waals surface area contributed by atoms with Crippen LogP contribution >= 0.6 is 0 Å². The highest BCUT2D eigenvalue weighted by molar-refractivity contribution is 5.98. The molecule has 2 amide bonds. The predicted octanol–water partition coefficient (Wildman–Crippen LogP) is 7.40. The van der Waals surface area contributed by atoms with E-state index in [-0.39, 0.29) is 11.8 Å². The molecular formula is C44H46N5O2. The van der Waals surface area contributed by atoms with Crippen LogP contribution in [0.25, 0.3) is 10.9 Å². The van der Waals surface area contributed by atoms with Gasteiger partial charge in [-0.3, -0.25) is 14.9 Å². The Bertz CT molecular complexity index is 1980. The number of rotatable bonds is 15. The van der Waals surface area contributed by atoms with Gasteiger partial charge in [0.25, 0.3) is 0 Å². The first kappa shape index (κ1) is 35.3. The molecule has 0 aliphatic rings. The van der Waals surface area contributed by atoms with Crippen molar-refractivity contribution in [3.05, 3.63) is 180 Å². The average Bonchev–Trinajstić information content (AvgIpc) is 3.57. The third-order valence-electron chi connectivity index (χ3n) is 9.51. The minimum Gasteiger partial charge on any atom is -0.361 e. The second-order valence-corrected chi connectivity index (χ2v) is 13.2. The van der Waals surface area contributed by atoms with Gasteiger partial charge in [-0.05, 0) is 92.1 Å². The highest BCUT2D eigenvalue weighted by Gasteiger charge is 2.35. The van der Waals surface area contributed by atoms with E-state index < -0.39 is 17.6 Å². The normalized spacial score (nSPS) is 12.7. The molecule has 0 unspecified atom stereocenters. The highest BCUT2D eigenvalue weighted by Crippen LogP contribution is 2.37. The summed E-state index contributed by atoms with van der Waals surface area (Å²) in [7, 11) is 0. The number of fused-ring (bicyclic) bond motifs is 1. The number of hydrogen-bond donors (Lipinski definition) is 5. The zero-order valence-corrected chi connectivity index (χ0v) is 29.1. The van der Waals surface area contributed by atoms with Crippen molar-refractivity contribution in [3.63, 3.8) is 0 Å². The number of nitrogens with one attached hydrogen (secondary N) is 4. The quantitative estimate of drug-likeness (QED) is 0.0577. The SMILES string of the molecule is [CH2]c1ccc(NC(=O)[C@H](CCCCNC(c2ccccc2)(c2ccccc2)c2ccc(C)cc2)NC(=O)[C@@H](N)Cc2c[nH]c3ccccc23)cc1. The molecule has 1 radical (unpaired) electrons. The molecule has 1 aromatic heterocycles. The molecule has 0 spiro atoms. The van der Waals surface area contributed by atoms with Crippen LogP contribution in [0.3, 0.4) is 0 Å². The lowest BCUT2D eigenvalue weighted by molar-refractivity contribution is -0.127. The first-order valence-corrected chi connectivity index (χ1v) is 17.6. The minimum atomic E-state index is -0.821. The van der Waals surface area contributed by atoms with Crippen LogP contribution in [0.15, 0.2) is 140 Å². The summed E-state index contributed by atoms with van der Waals surface area (Å²) in [4.78, 5) is 30.4. The van der Waals surface area contributed by atoms with Gasteiger partial charge in [0.2, 0.25) is 11.8 Å². The number of aryl methyl sites for hydroxylation is 1. The molecule has 2 atom stereocenters. The van der Waals surface area contributed by atoms with Crippen molar-refractivity contribution in [2.24, 2.45) is 5.73 Å². The molecular weight excluding hydrogens is 631 g/mol. The van der Waals surface area contributed by atoms with Crippen molar-refractivity contribution in [1.82, 2.24) is 15.6 Å². The second-order valence-electron chi connectivity index (χ2n) is 13.2. The van der Waals surface area contributed by atoms with Crippen molar-refractivity contribution in [1.29, 1.82) is 0 Å². The summed E-state index contributed by atoms with van der Waals surface area (Å²) >= 11 is 0. The number of anilines is 1. The molecule has 7 heteroatoms. The number of para-hydroxylation sites is 1. The van der Waals surface area contributed by atoms with E-state index in [4.69, 9.17) is 5.73 Å². The molecule has 0 aliphatic carbocycles. The van der Waals surface area contributed by atoms with Crippen LogP contribution in [0.1, 0.15) is 52.6 Å². The standard InChI is InChI=1S/C44H46N5O2/c1-31-20-24-36(25-21-31)44(34-13-5-3-6-14-34,35-15-7-4-8-16-35)47-28-12-11-19-41(43(51)48-37-26-22-32(2)23-27-37)49-42(50)39(45)29-33-30-46-40-18-10-9-17-38(33)40/h3-10,13-18,20-27,30,39,41,46-47H,2,11-12,19,28-29,45H2,1H3,(H,48,51)(H,49,50)/t39-,41-/m0/s1. The number of aromatic nitrogens is 1. The zero-order chi connectivity index (χ0) is 35.6. The van der Waals surface area contributed by atoms with Gasteiger partial charge >= 0.3 is 0 Å². The number of hydrogen-bond acceptors (Lipinski definition) is 4. The van der Waals surface area contributed by atoms with Gasteiger partial charge in [-0.1, -0.05) is 121 Å². The van der Waals surface area contributed by atoms with Gasteiger partial charge in [0.15, 0.2) is 0 Å². The van der Waals surface area contributed by atoms with Gasteiger partial charge in [-0.2, -0.15) is 0 Å².